The van der Waals surface area contributed by atoms with Gasteiger partial charge < -0.3 is 5.32 Å². The van der Waals surface area contributed by atoms with Gasteiger partial charge in [0.05, 0.1) is 6.07 Å². The lowest BCUT2D eigenvalue weighted by atomic mass is 9.87. The van der Waals surface area contributed by atoms with E-state index in [1.807, 2.05) is 0 Å². The second kappa shape index (κ2) is 6.42. The number of unbranched alkanes of at least 4 members (excludes halogenated alkanes) is 1. The molecule has 0 saturated heterocycles. The minimum Gasteiger partial charge on any atom is -0.313 e. The maximum absolute atomic E-state index is 8.41. The topological polar surface area (TPSA) is 35.8 Å². The quantitative estimate of drug-likeness (QED) is 0.787. The van der Waals surface area contributed by atoms with Crippen LogP contribution in [0.2, 0.25) is 0 Å². The van der Waals surface area contributed by atoms with Crippen molar-refractivity contribution in [2.45, 2.75) is 45.6 Å². The third-order valence-corrected chi connectivity index (χ3v) is 2.79. The van der Waals surface area contributed by atoms with E-state index in [0.29, 0.717) is 6.42 Å². The molecule has 17 heavy (non-hydrogen) atoms. The average Bonchev–Trinajstić information content (AvgIpc) is 2.28. The smallest absolute Gasteiger partial charge is 0.0622 e. The fraction of sp³-hybridized carbons (Fsp3) is 0.533. The number of rotatable bonds is 5. The summed E-state index contributed by atoms with van der Waals surface area (Å²) in [6.07, 6.45) is 1.56. The first-order valence-electron chi connectivity index (χ1n) is 6.21. The monoisotopic (exact) mass is 230 g/mol. The standard InChI is InChI=1S/C15H22N2/c1-15(2,3)14-8-6-13(7-9-14)12-17-11-5-4-10-16/h6-9,17H,4-5,11-12H2,1-3H3. The normalized spacial score (nSPS) is 11.2. The lowest BCUT2D eigenvalue weighted by Crippen LogP contribution is -2.15. The zero-order chi connectivity index (χ0) is 12.7. The molecule has 0 radical (unpaired) electrons. The van der Waals surface area contributed by atoms with Crippen molar-refractivity contribution in [2.24, 2.45) is 0 Å². The van der Waals surface area contributed by atoms with E-state index in [0.717, 1.165) is 19.5 Å². The highest BCUT2D eigenvalue weighted by molar-refractivity contribution is 5.27. The molecule has 0 aliphatic carbocycles. The van der Waals surface area contributed by atoms with Crippen LogP contribution < -0.4 is 5.32 Å². The van der Waals surface area contributed by atoms with Crippen LogP contribution in [0.25, 0.3) is 0 Å². The molecule has 0 heterocycles. The van der Waals surface area contributed by atoms with Crippen LogP contribution in [0.3, 0.4) is 0 Å². The van der Waals surface area contributed by atoms with Crippen LogP contribution in [0, 0.1) is 11.3 Å². The Labute approximate surface area is 105 Å². The second-order valence-corrected chi connectivity index (χ2v) is 5.39. The van der Waals surface area contributed by atoms with Crippen LogP contribution in [0.1, 0.15) is 44.7 Å². The van der Waals surface area contributed by atoms with Crippen LogP contribution in [0.5, 0.6) is 0 Å². The molecular formula is C15H22N2. The summed E-state index contributed by atoms with van der Waals surface area (Å²) in [4.78, 5) is 0. The Morgan fingerprint density at radius 3 is 2.35 bits per heavy atom. The van der Waals surface area contributed by atoms with Crippen molar-refractivity contribution in [1.82, 2.24) is 5.32 Å². The van der Waals surface area contributed by atoms with E-state index < -0.39 is 0 Å². The minimum atomic E-state index is 0.221. The van der Waals surface area contributed by atoms with Gasteiger partial charge in [-0.2, -0.15) is 5.26 Å². The summed E-state index contributed by atoms with van der Waals surface area (Å²) in [5, 5.41) is 11.8. The molecule has 2 heteroatoms. The van der Waals surface area contributed by atoms with Crippen LogP contribution in [-0.4, -0.2) is 6.54 Å². The van der Waals surface area contributed by atoms with Gasteiger partial charge in [-0.25, -0.2) is 0 Å². The molecule has 92 valence electrons. The molecule has 0 saturated carbocycles. The Morgan fingerprint density at radius 1 is 1.18 bits per heavy atom. The Hall–Kier alpha value is -1.33. The predicted molar refractivity (Wildman–Crippen MR) is 71.7 cm³/mol. The number of hydrogen-bond acceptors (Lipinski definition) is 2. The molecule has 0 aromatic heterocycles. The first kappa shape index (κ1) is 13.7. The van der Waals surface area contributed by atoms with Gasteiger partial charge >= 0.3 is 0 Å². The third kappa shape index (κ3) is 5.01. The van der Waals surface area contributed by atoms with Crippen molar-refractivity contribution in [2.75, 3.05) is 6.54 Å². The van der Waals surface area contributed by atoms with Crippen LogP contribution in [0.15, 0.2) is 24.3 Å². The van der Waals surface area contributed by atoms with Gasteiger partial charge in [-0.15, -0.1) is 0 Å². The molecule has 1 aromatic carbocycles. The Balaban J connectivity index is 2.39. The van der Waals surface area contributed by atoms with Crippen molar-refractivity contribution in [3.05, 3.63) is 35.4 Å². The number of benzene rings is 1. The molecule has 0 bridgehead atoms. The summed E-state index contributed by atoms with van der Waals surface area (Å²) in [5.74, 6) is 0. The van der Waals surface area contributed by atoms with E-state index >= 15 is 0 Å². The van der Waals surface area contributed by atoms with Gasteiger partial charge in [0.15, 0.2) is 0 Å². The summed E-state index contributed by atoms with van der Waals surface area (Å²) >= 11 is 0. The van der Waals surface area contributed by atoms with E-state index in [2.05, 4.69) is 56.4 Å². The van der Waals surface area contributed by atoms with Gasteiger partial charge in [0.1, 0.15) is 0 Å². The summed E-state index contributed by atoms with van der Waals surface area (Å²) in [5.41, 5.74) is 2.89. The molecule has 1 N–H and O–H groups in total. The van der Waals surface area contributed by atoms with Gasteiger partial charge in [0, 0.05) is 13.0 Å². The highest BCUT2D eigenvalue weighted by atomic mass is 14.8. The van der Waals surface area contributed by atoms with Gasteiger partial charge in [-0.1, -0.05) is 45.0 Å². The van der Waals surface area contributed by atoms with Crippen molar-refractivity contribution < 1.29 is 0 Å². The zero-order valence-corrected chi connectivity index (χ0v) is 11.1. The van der Waals surface area contributed by atoms with Crippen LogP contribution in [0.4, 0.5) is 0 Å². The van der Waals surface area contributed by atoms with E-state index in [4.69, 9.17) is 5.26 Å². The zero-order valence-electron chi connectivity index (χ0n) is 11.1. The molecule has 0 atom stereocenters. The summed E-state index contributed by atoms with van der Waals surface area (Å²) in [6.45, 7) is 8.47. The van der Waals surface area contributed by atoms with Crippen molar-refractivity contribution in [1.29, 1.82) is 5.26 Å². The number of nitrogens with zero attached hydrogens (tertiary/aromatic N) is 1. The van der Waals surface area contributed by atoms with Crippen molar-refractivity contribution in [3.8, 4) is 6.07 Å². The second-order valence-electron chi connectivity index (χ2n) is 5.39. The van der Waals surface area contributed by atoms with Gasteiger partial charge in [-0.3, -0.25) is 0 Å². The van der Waals surface area contributed by atoms with E-state index in [1.165, 1.54) is 11.1 Å². The SMILES string of the molecule is CC(C)(C)c1ccc(CNCCCC#N)cc1. The molecular weight excluding hydrogens is 208 g/mol. The molecule has 0 amide bonds. The molecule has 1 rings (SSSR count). The molecule has 0 aliphatic heterocycles. The summed E-state index contributed by atoms with van der Waals surface area (Å²) in [6, 6.07) is 10.9. The molecule has 0 aliphatic rings. The van der Waals surface area contributed by atoms with Gasteiger partial charge in [-0.05, 0) is 29.5 Å². The summed E-state index contributed by atoms with van der Waals surface area (Å²) in [7, 11) is 0. The van der Waals surface area contributed by atoms with Gasteiger partial charge in [0.25, 0.3) is 0 Å². The predicted octanol–water partition coefficient (Wildman–Crippen LogP) is 3.38. The molecule has 0 unspecified atom stereocenters. The minimum absolute atomic E-state index is 0.221. The Kier molecular flexibility index (Phi) is 5.18. The Morgan fingerprint density at radius 2 is 1.82 bits per heavy atom. The fourth-order valence-corrected chi connectivity index (χ4v) is 1.65. The first-order valence-corrected chi connectivity index (χ1v) is 6.21. The number of nitriles is 1. The summed E-state index contributed by atoms with van der Waals surface area (Å²) < 4.78 is 0. The molecule has 2 nitrogen and oxygen atoms in total. The highest BCUT2D eigenvalue weighted by Gasteiger charge is 2.12. The lowest BCUT2D eigenvalue weighted by Gasteiger charge is -2.19. The lowest BCUT2D eigenvalue weighted by molar-refractivity contribution is 0.589. The molecule has 0 spiro atoms. The maximum atomic E-state index is 8.41. The molecule has 0 fully saturated rings. The van der Waals surface area contributed by atoms with E-state index in [-0.39, 0.29) is 5.41 Å². The van der Waals surface area contributed by atoms with Crippen LogP contribution in [-0.2, 0) is 12.0 Å². The molecule has 1 aromatic rings. The average molecular weight is 230 g/mol. The van der Waals surface area contributed by atoms with Crippen molar-refractivity contribution >= 4 is 0 Å². The van der Waals surface area contributed by atoms with Gasteiger partial charge in [0.2, 0.25) is 0 Å². The van der Waals surface area contributed by atoms with E-state index in [9.17, 15) is 0 Å². The van der Waals surface area contributed by atoms with Crippen molar-refractivity contribution in [3.63, 3.8) is 0 Å². The van der Waals surface area contributed by atoms with E-state index in [1.54, 1.807) is 0 Å². The number of nitrogens with one attached hydrogen (secondary N) is 1. The Bertz CT molecular complexity index is 365. The first-order chi connectivity index (χ1) is 8.04. The largest absolute Gasteiger partial charge is 0.313 e. The number of hydrogen-bond donors (Lipinski definition) is 1. The highest BCUT2D eigenvalue weighted by Crippen LogP contribution is 2.22. The fourth-order valence-electron chi connectivity index (χ4n) is 1.65. The maximum Gasteiger partial charge on any atom is 0.0622 e. The third-order valence-electron chi connectivity index (χ3n) is 2.79. The van der Waals surface area contributed by atoms with Crippen LogP contribution >= 0.6 is 0 Å².